The average molecular weight is 461 g/mol. The van der Waals surface area contributed by atoms with Crippen LogP contribution in [-0.2, 0) is 21.2 Å². The molecular formula is C21H28N6O4S. The second-order valence-corrected chi connectivity index (χ2v) is 10.4. The van der Waals surface area contributed by atoms with Gasteiger partial charge < -0.3 is 9.80 Å². The van der Waals surface area contributed by atoms with Crippen LogP contribution in [0.1, 0.15) is 26.2 Å². The van der Waals surface area contributed by atoms with E-state index in [0.717, 1.165) is 18.4 Å². The van der Waals surface area contributed by atoms with Crippen molar-refractivity contribution in [1.29, 1.82) is 0 Å². The van der Waals surface area contributed by atoms with Crippen LogP contribution < -0.4 is 5.32 Å². The number of urea groups is 1. The second kappa shape index (κ2) is 9.27. The Balaban J connectivity index is 1.48. The van der Waals surface area contributed by atoms with Crippen LogP contribution in [0.4, 0.5) is 10.7 Å². The van der Waals surface area contributed by atoms with E-state index in [1.165, 1.54) is 4.90 Å². The highest BCUT2D eigenvalue weighted by Crippen LogP contribution is 2.22. The maximum absolute atomic E-state index is 13.1. The molecule has 0 saturated carbocycles. The molecule has 0 radical (unpaired) electrons. The molecule has 1 N–H and O–H groups in total. The number of rotatable bonds is 4. The Morgan fingerprint density at radius 3 is 2.50 bits per heavy atom. The first-order valence-electron chi connectivity index (χ1n) is 10.9. The Labute approximate surface area is 187 Å². The van der Waals surface area contributed by atoms with Gasteiger partial charge in [0.15, 0.2) is 15.7 Å². The molecule has 1 atom stereocenters. The lowest BCUT2D eigenvalue weighted by molar-refractivity contribution is -0.121. The van der Waals surface area contributed by atoms with E-state index in [4.69, 9.17) is 0 Å². The van der Waals surface area contributed by atoms with Crippen molar-refractivity contribution in [3.63, 3.8) is 0 Å². The third-order valence-corrected chi connectivity index (χ3v) is 7.51. The predicted octanol–water partition coefficient (Wildman–Crippen LogP) is 1.61. The summed E-state index contributed by atoms with van der Waals surface area (Å²) in [5, 5.41) is 7.20. The van der Waals surface area contributed by atoms with E-state index in [9.17, 15) is 18.0 Å². The van der Waals surface area contributed by atoms with E-state index < -0.39 is 15.9 Å². The SMILES string of the molecule is CCn1nc(NC(=O)[C@@H]2CCCCN2C(=O)N2CCS(=O)(=O)CC2)nc1-c1ccccc1. The molecule has 0 unspecified atom stereocenters. The summed E-state index contributed by atoms with van der Waals surface area (Å²) < 4.78 is 25.1. The van der Waals surface area contributed by atoms with Gasteiger partial charge in [-0.15, -0.1) is 5.10 Å². The first-order chi connectivity index (χ1) is 15.4. The van der Waals surface area contributed by atoms with E-state index in [0.29, 0.717) is 25.3 Å². The largest absolute Gasteiger partial charge is 0.323 e. The number of hydrogen-bond acceptors (Lipinski definition) is 6. The summed E-state index contributed by atoms with van der Waals surface area (Å²) in [5.41, 5.74) is 0.900. The summed E-state index contributed by atoms with van der Waals surface area (Å²) in [6.45, 7) is 3.34. The van der Waals surface area contributed by atoms with Gasteiger partial charge in [-0.1, -0.05) is 30.3 Å². The van der Waals surface area contributed by atoms with E-state index in [1.54, 1.807) is 9.58 Å². The lowest BCUT2D eigenvalue weighted by atomic mass is 10.0. The minimum absolute atomic E-state index is 0.0376. The standard InChI is InChI=1S/C21H28N6O4S/c1-2-27-18(16-8-4-3-5-9-16)22-20(24-27)23-19(28)17-10-6-7-11-26(17)21(29)25-12-14-32(30,31)15-13-25/h3-5,8-9,17H,2,6-7,10-15H2,1H3,(H,23,24,28)/t17-/m0/s1. The zero-order chi connectivity index (χ0) is 22.7. The number of amides is 3. The number of benzene rings is 1. The average Bonchev–Trinajstić information content (AvgIpc) is 3.22. The fourth-order valence-electron chi connectivity index (χ4n) is 4.13. The Morgan fingerprint density at radius 2 is 1.81 bits per heavy atom. The third-order valence-electron chi connectivity index (χ3n) is 5.90. The molecule has 4 rings (SSSR count). The molecule has 2 aliphatic rings. The predicted molar refractivity (Wildman–Crippen MR) is 120 cm³/mol. The van der Waals surface area contributed by atoms with Crippen LogP contribution in [0.25, 0.3) is 11.4 Å². The Morgan fingerprint density at radius 1 is 1.09 bits per heavy atom. The van der Waals surface area contributed by atoms with Crippen LogP contribution in [0.5, 0.6) is 0 Å². The van der Waals surface area contributed by atoms with E-state index in [2.05, 4.69) is 15.4 Å². The summed E-state index contributed by atoms with van der Waals surface area (Å²) >= 11 is 0. The summed E-state index contributed by atoms with van der Waals surface area (Å²) in [6.07, 6.45) is 2.19. The van der Waals surface area contributed by atoms with Gasteiger partial charge in [0.1, 0.15) is 6.04 Å². The number of sulfone groups is 1. The Bertz CT molecular complexity index is 1070. The molecule has 10 nitrogen and oxygen atoms in total. The van der Waals surface area contributed by atoms with Gasteiger partial charge in [-0.3, -0.25) is 10.1 Å². The molecule has 2 aliphatic heterocycles. The van der Waals surface area contributed by atoms with Crippen molar-refractivity contribution in [3.8, 4) is 11.4 Å². The van der Waals surface area contributed by atoms with Crippen molar-refractivity contribution in [2.75, 3.05) is 36.5 Å². The number of aryl methyl sites for hydroxylation is 1. The van der Waals surface area contributed by atoms with Crippen molar-refractivity contribution < 1.29 is 18.0 Å². The maximum Gasteiger partial charge on any atom is 0.320 e. The maximum atomic E-state index is 13.1. The molecule has 2 saturated heterocycles. The minimum atomic E-state index is -3.09. The monoisotopic (exact) mass is 460 g/mol. The molecule has 32 heavy (non-hydrogen) atoms. The van der Waals surface area contributed by atoms with Crippen molar-refractivity contribution in [1.82, 2.24) is 24.6 Å². The smallest absolute Gasteiger partial charge is 0.320 e. The van der Waals surface area contributed by atoms with Crippen molar-refractivity contribution in [2.45, 2.75) is 38.8 Å². The lowest BCUT2D eigenvalue weighted by Gasteiger charge is -2.39. The number of hydrogen-bond donors (Lipinski definition) is 1. The first kappa shape index (κ1) is 22.3. The number of carbonyl (C=O) groups is 2. The summed E-state index contributed by atoms with van der Waals surface area (Å²) in [5.74, 6) is 0.469. The third kappa shape index (κ3) is 4.77. The zero-order valence-corrected chi connectivity index (χ0v) is 18.9. The molecule has 11 heteroatoms. The van der Waals surface area contributed by atoms with Crippen LogP contribution in [-0.4, -0.2) is 82.1 Å². The van der Waals surface area contributed by atoms with Crippen LogP contribution in [0.3, 0.4) is 0 Å². The number of likely N-dealkylation sites (tertiary alicyclic amines) is 1. The Kier molecular flexibility index (Phi) is 6.45. The minimum Gasteiger partial charge on any atom is -0.323 e. The van der Waals surface area contributed by atoms with Crippen LogP contribution in [0.15, 0.2) is 30.3 Å². The molecule has 0 aliphatic carbocycles. The molecule has 2 fully saturated rings. The molecule has 1 aromatic carbocycles. The number of nitrogens with zero attached hydrogens (tertiary/aromatic N) is 5. The zero-order valence-electron chi connectivity index (χ0n) is 18.1. The highest BCUT2D eigenvalue weighted by Gasteiger charge is 2.36. The molecule has 3 heterocycles. The molecule has 172 valence electrons. The number of nitrogens with one attached hydrogen (secondary N) is 1. The first-order valence-corrected chi connectivity index (χ1v) is 12.8. The van der Waals surface area contributed by atoms with E-state index >= 15 is 0 Å². The molecule has 3 amide bonds. The number of carbonyl (C=O) groups excluding carboxylic acids is 2. The molecule has 0 spiro atoms. The quantitative estimate of drug-likeness (QED) is 0.741. The van der Waals surface area contributed by atoms with Gasteiger partial charge in [-0.05, 0) is 26.2 Å². The highest BCUT2D eigenvalue weighted by atomic mass is 32.2. The summed E-state index contributed by atoms with van der Waals surface area (Å²) in [4.78, 5) is 33.8. The fraction of sp³-hybridized carbons (Fsp3) is 0.524. The second-order valence-electron chi connectivity index (χ2n) is 8.06. The summed E-state index contributed by atoms with van der Waals surface area (Å²) in [7, 11) is -3.09. The van der Waals surface area contributed by atoms with Crippen LogP contribution >= 0.6 is 0 Å². The van der Waals surface area contributed by atoms with E-state index in [1.807, 2.05) is 37.3 Å². The van der Waals surface area contributed by atoms with Gasteiger partial charge in [0.25, 0.3) is 0 Å². The molecule has 2 aromatic rings. The van der Waals surface area contributed by atoms with Gasteiger partial charge >= 0.3 is 6.03 Å². The summed E-state index contributed by atoms with van der Waals surface area (Å²) in [6, 6.07) is 8.70. The van der Waals surface area contributed by atoms with Gasteiger partial charge in [-0.2, -0.15) is 4.98 Å². The van der Waals surface area contributed by atoms with Crippen LogP contribution in [0.2, 0.25) is 0 Å². The van der Waals surface area contributed by atoms with Gasteiger partial charge in [0.2, 0.25) is 11.9 Å². The van der Waals surface area contributed by atoms with Gasteiger partial charge in [-0.25, -0.2) is 17.9 Å². The molecular weight excluding hydrogens is 432 g/mol. The van der Waals surface area contributed by atoms with Gasteiger partial charge in [0, 0.05) is 31.7 Å². The lowest BCUT2D eigenvalue weighted by Crippen LogP contribution is -2.56. The van der Waals surface area contributed by atoms with Crippen molar-refractivity contribution in [2.24, 2.45) is 0 Å². The normalized spacial score (nSPS) is 20.7. The van der Waals surface area contributed by atoms with Gasteiger partial charge in [0.05, 0.1) is 11.5 Å². The number of aromatic nitrogens is 3. The Hall–Kier alpha value is -2.95. The fourth-order valence-corrected chi connectivity index (χ4v) is 5.33. The van der Waals surface area contributed by atoms with Crippen LogP contribution in [0, 0.1) is 0 Å². The molecule has 1 aromatic heterocycles. The van der Waals surface area contributed by atoms with E-state index in [-0.39, 0.29) is 42.5 Å². The number of piperidine rings is 1. The van der Waals surface area contributed by atoms with Crippen molar-refractivity contribution >= 4 is 27.7 Å². The van der Waals surface area contributed by atoms with Crippen molar-refractivity contribution in [3.05, 3.63) is 30.3 Å². The number of anilines is 1. The molecule has 0 bridgehead atoms. The highest BCUT2D eigenvalue weighted by molar-refractivity contribution is 7.91. The topological polar surface area (TPSA) is 117 Å².